The van der Waals surface area contributed by atoms with E-state index in [2.05, 4.69) is 0 Å². The van der Waals surface area contributed by atoms with Crippen molar-refractivity contribution >= 4 is 23.2 Å². The van der Waals surface area contributed by atoms with Crippen LogP contribution < -0.4 is 5.73 Å². The Morgan fingerprint density at radius 3 is 2.83 bits per heavy atom. The summed E-state index contributed by atoms with van der Waals surface area (Å²) in [6, 6.07) is 6.64. The molecule has 0 bridgehead atoms. The van der Waals surface area contributed by atoms with E-state index >= 15 is 0 Å². The molecule has 94 valence electrons. The van der Waals surface area contributed by atoms with Gasteiger partial charge in [-0.2, -0.15) is 0 Å². The lowest BCUT2D eigenvalue weighted by Gasteiger charge is -2.16. The van der Waals surface area contributed by atoms with E-state index in [0.717, 1.165) is 5.56 Å². The zero-order chi connectivity index (χ0) is 13.1. The van der Waals surface area contributed by atoms with Gasteiger partial charge in [-0.05, 0) is 24.3 Å². The summed E-state index contributed by atoms with van der Waals surface area (Å²) in [5.74, 6) is -0.134. The topological polar surface area (TPSA) is 59.5 Å². The Hall–Kier alpha value is -1.94. The molecule has 2 aromatic rings. The molecule has 0 spiro atoms. The number of benzene rings is 1. The highest BCUT2D eigenvalue weighted by Gasteiger charge is 2.13. The van der Waals surface area contributed by atoms with E-state index in [1.165, 1.54) is 0 Å². The first-order chi connectivity index (χ1) is 8.56. The van der Waals surface area contributed by atoms with Gasteiger partial charge in [0.05, 0.1) is 12.5 Å². The van der Waals surface area contributed by atoms with Gasteiger partial charge in [0.25, 0.3) is 5.91 Å². The first-order valence-electron chi connectivity index (χ1n) is 5.39. The van der Waals surface area contributed by atoms with E-state index in [0.29, 0.717) is 22.8 Å². The van der Waals surface area contributed by atoms with Gasteiger partial charge in [-0.15, -0.1) is 0 Å². The molecule has 1 aromatic heterocycles. The number of anilines is 1. The van der Waals surface area contributed by atoms with Gasteiger partial charge >= 0.3 is 0 Å². The lowest BCUT2D eigenvalue weighted by atomic mass is 10.1. The quantitative estimate of drug-likeness (QED) is 0.867. The monoisotopic (exact) mass is 264 g/mol. The molecule has 0 fully saturated rings. The average molecular weight is 265 g/mol. The van der Waals surface area contributed by atoms with Crippen molar-refractivity contribution in [3.63, 3.8) is 0 Å². The number of amides is 1. The number of furan rings is 1. The predicted molar refractivity (Wildman–Crippen MR) is 70.4 cm³/mol. The Bertz CT molecular complexity index is 532. The molecule has 2 N–H and O–H groups in total. The number of rotatable bonds is 3. The Balaban J connectivity index is 2.15. The highest BCUT2D eigenvalue weighted by atomic mass is 35.5. The highest BCUT2D eigenvalue weighted by Crippen LogP contribution is 2.18. The molecular formula is C13H13ClN2O2. The van der Waals surface area contributed by atoms with Crippen LogP contribution in [0.1, 0.15) is 15.9 Å². The number of hydrogen-bond donors (Lipinski definition) is 1. The molecule has 0 aliphatic carbocycles. The van der Waals surface area contributed by atoms with E-state index < -0.39 is 0 Å². The van der Waals surface area contributed by atoms with Crippen LogP contribution in [0.15, 0.2) is 41.2 Å². The van der Waals surface area contributed by atoms with Crippen LogP contribution in [-0.2, 0) is 6.54 Å². The van der Waals surface area contributed by atoms with E-state index in [9.17, 15) is 4.79 Å². The number of nitrogens with zero attached hydrogens (tertiary/aromatic N) is 1. The summed E-state index contributed by atoms with van der Waals surface area (Å²) < 4.78 is 4.96. The fraction of sp³-hybridized carbons (Fsp3) is 0.154. The van der Waals surface area contributed by atoms with Crippen LogP contribution >= 0.6 is 11.6 Å². The largest absolute Gasteiger partial charge is 0.472 e. The van der Waals surface area contributed by atoms with Crippen molar-refractivity contribution in [2.75, 3.05) is 12.8 Å². The summed E-state index contributed by atoms with van der Waals surface area (Å²) in [7, 11) is 1.71. The van der Waals surface area contributed by atoms with Crippen molar-refractivity contribution in [1.29, 1.82) is 0 Å². The van der Waals surface area contributed by atoms with E-state index in [1.54, 1.807) is 42.7 Å². The molecule has 0 aliphatic heterocycles. The summed E-state index contributed by atoms with van der Waals surface area (Å²) in [6.07, 6.45) is 3.18. The third-order valence-electron chi connectivity index (χ3n) is 2.51. The maximum Gasteiger partial charge on any atom is 0.254 e. The number of halogens is 1. The van der Waals surface area contributed by atoms with Gasteiger partial charge in [-0.3, -0.25) is 4.79 Å². The zero-order valence-electron chi connectivity index (χ0n) is 9.89. The summed E-state index contributed by atoms with van der Waals surface area (Å²) in [5.41, 5.74) is 7.55. The summed E-state index contributed by atoms with van der Waals surface area (Å²) in [6.45, 7) is 0.474. The van der Waals surface area contributed by atoms with Crippen molar-refractivity contribution in [2.24, 2.45) is 0 Å². The molecule has 1 heterocycles. The lowest BCUT2D eigenvalue weighted by Crippen LogP contribution is -2.26. The second-order valence-corrected chi connectivity index (χ2v) is 4.50. The van der Waals surface area contributed by atoms with Gasteiger partial charge in [0.2, 0.25) is 0 Å². The molecule has 2 rings (SSSR count). The van der Waals surface area contributed by atoms with Crippen LogP contribution in [0.2, 0.25) is 5.02 Å². The predicted octanol–water partition coefficient (Wildman–Crippen LogP) is 2.79. The van der Waals surface area contributed by atoms with Crippen molar-refractivity contribution in [2.45, 2.75) is 6.54 Å². The van der Waals surface area contributed by atoms with Gasteiger partial charge in [0, 0.05) is 35.4 Å². The maximum atomic E-state index is 12.2. The molecule has 4 nitrogen and oxygen atoms in total. The van der Waals surface area contributed by atoms with Gasteiger partial charge in [-0.1, -0.05) is 11.6 Å². The minimum absolute atomic E-state index is 0.134. The molecule has 0 aliphatic rings. The maximum absolute atomic E-state index is 12.2. The SMILES string of the molecule is CN(Cc1ccoc1)C(=O)c1cc(N)cc(Cl)c1. The number of hydrogen-bond acceptors (Lipinski definition) is 3. The van der Waals surface area contributed by atoms with Crippen LogP contribution in [0.25, 0.3) is 0 Å². The van der Waals surface area contributed by atoms with Crippen LogP contribution in [-0.4, -0.2) is 17.9 Å². The normalized spacial score (nSPS) is 10.3. The van der Waals surface area contributed by atoms with Crippen molar-refractivity contribution in [1.82, 2.24) is 4.90 Å². The standard InChI is InChI=1S/C13H13ClN2O2/c1-16(7-9-2-3-18-8-9)13(17)10-4-11(14)6-12(15)5-10/h2-6,8H,7,15H2,1H3. The molecule has 0 radical (unpaired) electrons. The number of carbonyl (C=O) groups is 1. The van der Waals surface area contributed by atoms with Crippen LogP contribution in [0.3, 0.4) is 0 Å². The molecule has 0 saturated carbocycles. The van der Waals surface area contributed by atoms with E-state index in [-0.39, 0.29) is 5.91 Å². The molecule has 5 heteroatoms. The third-order valence-corrected chi connectivity index (χ3v) is 2.73. The molecule has 0 atom stereocenters. The van der Waals surface area contributed by atoms with Crippen LogP contribution in [0.4, 0.5) is 5.69 Å². The first-order valence-corrected chi connectivity index (χ1v) is 5.76. The summed E-state index contributed by atoms with van der Waals surface area (Å²) in [4.78, 5) is 13.7. The Morgan fingerprint density at radius 1 is 1.44 bits per heavy atom. The fourth-order valence-electron chi connectivity index (χ4n) is 1.68. The van der Waals surface area contributed by atoms with Crippen LogP contribution in [0, 0.1) is 0 Å². The van der Waals surface area contributed by atoms with Crippen molar-refractivity contribution < 1.29 is 9.21 Å². The molecule has 18 heavy (non-hydrogen) atoms. The minimum Gasteiger partial charge on any atom is -0.472 e. The Kier molecular flexibility index (Phi) is 3.58. The van der Waals surface area contributed by atoms with Crippen LogP contribution in [0.5, 0.6) is 0 Å². The smallest absolute Gasteiger partial charge is 0.254 e. The number of nitrogens with two attached hydrogens (primary N) is 1. The second-order valence-electron chi connectivity index (χ2n) is 4.07. The van der Waals surface area contributed by atoms with Gasteiger partial charge in [0.1, 0.15) is 0 Å². The first kappa shape index (κ1) is 12.5. The van der Waals surface area contributed by atoms with E-state index in [4.69, 9.17) is 21.8 Å². The van der Waals surface area contributed by atoms with Gasteiger partial charge < -0.3 is 15.1 Å². The molecule has 0 unspecified atom stereocenters. The van der Waals surface area contributed by atoms with Crippen molar-refractivity contribution in [3.05, 3.63) is 52.9 Å². The van der Waals surface area contributed by atoms with E-state index in [1.807, 2.05) is 6.07 Å². The molecule has 1 aromatic carbocycles. The highest BCUT2D eigenvalue weighted by molar-refractivity contribution is 6.31. The van der Waals surface area contributed by atoms with Gasteiger partial charge in [0.15, 0.2) is 0 Å². The summed E-state index contributed by atoms with van der Waals surface area (Å²) in [5, 5.41) is 0.454. The average Bonchev–Trinajstić information content (AvgIpc) is 2.79. The van der Waals surface area contributed by atoms with Crippen molar-refractivity contribution in [3.8, 4) is 0 Å². The fourth-order valence-corrected chi connectivity index (χ4v) is 1.93. The number of carbonyl (C=O) groups excluding carboxylic acids is 1. The lowest BCUT2D eigenvalue weighted by molar-refractivity contribution is 0.0785. The molecular weight excluding hydrogens is 252 g/mol. The minimum atomic E-state index is -0.134. The Labute approximate surface area is 110 Å². The molecule has 1 amide bonds. The zero-order valence-corrected chi connectivity index (χ0v) is 10.6. The summed E-state index contributed by atoms with van der Waals surface area (Å²) >= 11 is 5.88. The third kappa shape index (κ3) is 2.84. The number of nitrogen functional groups attached to an aromatic ring is 1. The molecule has 0 saturated heterocycles. The van der Waals surface area contributed by atoms with Gasteiger partial charge in [-0.25, -0.2) is 0 Å². The second kappa shape index (κ2) is 5.14. The Morgan fingerprint density at radius 2 is 2.22 bits per heavy atom.